The molecule has 0 aromatic heterocycles. The average Bonchev–Trinajstić information content (AvgIpc) is 2.40. The zero-order chi connectivity index (χ0) is 15.7. The highest BCUT2D eigenvalue weighted by molar-refractivity contribution is 6.44. The maximum absolute atomic E-state index is 12.3. The van der Waals surface area contributed by atoms with E-state index in [1.165, 1.54) is 12.1 Å². The summed E-state index contributed by atoms with van der Waals surface area (Å²) in [6.07, 6.45) is 0. The molecular weight excluding hydrogens is 354 g/mol. The van der Waals surface area contributed by atoms with Crippen LogP contribution in [0.5, 0.6) is 0 Å². The van der Waals surface area contributed by atoms with Gasteiger partial charge in [0.1, 0.15) is 0 Å². The summed E-state index contributed by atoms with van der Waals surface area (Å²) in [5, 5.41) is 3.83. The monoisotopic (exact) mass is 362 g/mol. The summed E-state index contributed by atoms with van der Waals surface area (Å²) in [5.41, 5.74) is 7.35. The Balaban J connectivity index is 2.37. The fraction of sp³-hybridized carbons (Fsp3) is 0.0714. The molecule has 0 aliphatic heterocycles. The fourth-order valence-electron chi connectivity index (χ4n) is 1.71. The normalized spacial score (nSPS) is 10.5. The number of anilines is 2. The van der Waals surface area contributed by atoms with Crippen molar-refractivity contribution in [3.8, 4) is 0 Å². The Labute approximate surface area is 141 Å². The number of amides is 1. The summed E-state index contributed by atoms with van der Waals surface area (Å²) in [5.74, 6) is -0.476. The molecule has 0 unspecified atom stereocenters. The van der Waals surface area contributed by atoms with Crippen LogP contribution in [-0.2, 0) is 0 Å². The van der Waals surface area contributed by atoms with Crippen LogP contribution in [0.25, 0.3) is 0 Å². The van der Waals surface area contributed by atoms with E-state index in [2.05, 4.69) is 5.32 Å². The predicted octanol–water partition coefficient (Wildman–Crippen LogP) is 5.44. The van der Waals surface area contributed by atoms with Crippen molar-refractivity contribution in [1.29, 1.82) is 0 Å². The number of carbonyl (C=O) groups excluding carboxylic acids is 1. The van der Waals surface area contributed by atoms with Crippen LogP contribution in [0, 0.1) is 6.92 Å². The lowest BCUT2D eigenvalue weighted by Gasteiger charge is -2.11. The minimum atomic E-state index is -0.476. The van der Waals surface area contributed by atoms with E-state index >= 15 is 0 Å². The predicted molar refractivity (Wildman–Crippen MR) is 90.0 cm³/mol. The topological polar surface area (TPSA) is 55.1 Å². The molecule has 21 heavy (non-hydrogen) atoms. The Bertz CT molecular complexity index is 731. The largest absolute Gasteiger partial charge is 0.399 e. The van der Waals surface area contributed by atoms with Crippen molar-refractivity contribution in [3.05, 3.63) is 55.5 Å². The molecule has 2 aromatic carbocycles. The van der Waals surface area contributed by atoms with Crippen LogP contribution in [0.4, 0.5) is 11.4 Å². The van der Waals surface area contributed by atoms with Crippen LogP contribution < -0.4 is 11.1 Å². The zero-order valence-electron chi connectivity index (χ0n) is 10.8. The molecule has 0 heterocycles. The van der Waals surface area contributed by atoms with Crippen molar-refractivity contribution in [2.75, 3.05) is 11.1 Å². The summed E-state index contributed by atoms with van der Waals surface area (Å²) in [6.45, 7) is 1.81. The molecule has 0 aliphatic rings. The van der Waals surface area contributed by atoms with Crippen LogP contribution in [0.1, 0.15) is 15.9 Å². The van der Waals surface area contributed by atoms with Crippen LogP contribution in [0.2, 0.25) is 20.1 Å². The summed E-state index contributed by atoms with van der Waals surface area (Å²) in [7, 11) is 0. The summed E-state index contributed by atoms with van der Waals surface area (Å²) < 4.78 is 0. The number of halogens is 4. The molecule has 2 aromatic rings. The maximum Gasteiger partial charge on any atom is 0.257 e. The quantitative estimate of drug-likeness (QED) is 0.697. The van der Waals surface area contributed by atoms with Crippen molar-refractivity contribution in [3.63, 3.8) is 0 Å². The third-order valence-corrected chi connectivity index (χ3v) is 4.31. The molecule has 0 radical (unpaired) electrons. The van der Waals surface area contributed by atoms with Gasteiger partial charge in [-0.1, -0.05) is 46.4 Å². The molecule has 3 N–H and O–H groups in total. The zero-order valence-corrected chi connectivity index (χ0v) is 13.8. The molecule has 2 rings (SSSR count). The van der Waals surface area contributed by atoms with Gasteiger partial charge < -0.3 is 11.1 Å². The Morgan fingerprint density at radius 1 is 1.00 bits per heavy atom. The second kappa shape index (κ2) is 6.32. The van der Waals surface area contributed by atoms with Crippen molar-refractivity contribution in [1.82, 2.24) is 0 Å². The average molecular weight is 364 g/mol. The number of nitrogen functional groups attached to an aromatic ring is 1. The summed E-state index contributed by atoms with van der Waals surface area (Å²) in [6, 6.07) is 6.13. The summed E-state index contributed by atoms with van der Waals surface area (Å²) >= 11 is 24.0. The highest BCUT2D eigenvalue weighted by atomic mass is 35.5. The Morgan fingerprint density at radius 2 is 1.67 bits per heavy atom. The SMILES string of the molecule is Cc1cc(Cl)c(NC(=O)c2cc(N)cc(Cl)c2Cl)cc1Cl. The fourth-order valence-corrected chi connectivity index (χ4v) is 2.56. The van der Waals surface area contributed by atoms with Gasteiger partial charge in [-0.25, -0.2) is 0 Å². The first kappa shape index (κ1) is 16.2. The standard InChI is InChI=1S/C14H10Cl4N2O/c1-6-2-10(16)12(5-9(6)15)20-14(21)8-3-7(19)4-11(17)13(8)18/h2-5H,19H2,1H3,(H,20,21). The molecule has 0 aliphatic carbocycles. The van der Waals surface area contributed by atoms with E-state index < -0.39 is 5.91 Å². The molecular formula is C14H10Cl4N2O. The van der Waals surface area contributed by atoms with Crippen molar-refractivity contribution in [2.45, 2.75) is 6.92 Å². The van der Waals surface area contributed by atoms with Crippen LogP contribution in [-0.4, -0.2) is 5.91 Å². The van der Waals surface area contributed by atoms with Crippen LogP contribution >= 0.6 is 46.4 Å². The first-order chi connectivity index (χ1) is 9.79. The van der Waals surface area contributed by atoms with Crippen molar-refractivity contribution < 1.29 is 4.79 Å². The molecule has 1 amide bonds. The summed E-state index contributed by atoms with van der Waals surface area (Å²) in [4.78, 5) is 12.3. The van der Waals surface area contributed by atoms with Gasteiger partial charge in [0.25, 0.3) is 5.91 Å². The van der Waals surface area contributed by atoms with E-state index in [0.29, 0.717) is 21.4 Å². The van der Waals surface area contributed by atoms with Gasteiger partial charge in [0.05, 0.1) is 26.3 Å². The lowest BCUT2D eigenvalue weighted by atomic mass is 10.1. The lowest BCUT2D eigenvalue weighted by molar-refractivity contribution is 0.102. The maximum atomic E-state index is 12.3. The van der Waals surface area contributed by atoms with Crippen LogP contribution in [0.3, 0.4) is 0 Å². The van der Waals surface area contributed by atoms with E-state index in [4.69, 9.17) is 52.1 Å². The van der Waals surface area contributed by atoms with E-state index in [1.54, 1.807) is 12.1 Å². The number of hydrogen-bond acceptors (Lipinski definition) is 2. The van der Waals surface area contributed by atoms with E-state index in [0.717, 1.165) is 5.56 Å². The van der Waals surface area contributed by atoms with Gasteiger partial charge in [-0.3, -0.25) is 4.79 Å². The van der Waals surface area contributed by atoms with E-state index in [9.17, 15) is 4.79 Å². The molecule has 0 saturated carbocycles. The Morgan fingerprint density at radius 3 is 2.33 bits per heavy atom. The lowest BCUT2D eigenvalue weighted by Crippen LogP contribution is -2.13. The number of aryl methyl sites for hydroxylation is 1. The number of hydrogen-bond donors (Lipinski definition) is 2. The first-order valence-corrected chi connectivity index (χ1v) is 7.32. The van der Waals surface area contributed by atoms with E-state index in [1.807, 2.05) is 6.92 Å². The van der Waals surface area contributed by atoms with Gasteiger partial charge in [-0.05, 0) is 36.8 Å². The van der Waals surface area contributed by atoms with Gasteiger partial charge in [0, 0.05) is 10.7 Å². The van der Waals surface area contributed by atoms with Crippen LogP contribution in [0.15, 0.2) is 24.3 Å². The minimum absolute atomic E-state index is 0.123. The van der Waals surface area contributed by atoms with Crippen molar-refractivity contribution >= 4 is 63.7 Å². The molecule has 0 saturated heterocycles. The van der Waals surface area contributed by atoms with Gasteiger partial charge in [0.2, 0.25) is 0 Å². The number of rotatable bonds is 2. The Kier molecular flexibility index (Phi) is 4.89. The second-order valence-corrected chi connectivity index (χ2v) is 6.00. The number of benzene rings is 2. The van der Waals surface area contributed by atoms with Crippen molar-refractivity contribution in [2.24, 2.45) is 0 Å². The smallest absolute Gasteiger partial charge is 0.257 e. The molecule has 110 valence electrons. The molecule has 0 atom stereocenters. The first-order valence-electron chi connectivity index (χ1n) is 5.81. The molecule has 0 fully saturated rings. The third kappa shape index (κ3) is 3.55. The highest BCUT2D eigenvalue weighted by Crippen LogP contribution is 2.32. The molecule has 3 nitrogen and oxygen atoms in total. The number of nitrogens with two attached hydrogens (primary N) is 1. The second-order valence-electron chi connectivity index (χ2n) is 4.40. The molecule has 0 spiro atoms. The van der Waals surface area contributed by atoms with Gasteiger partial charge in [-0.15, -0.1) is 0 Å². The minimum Gasteiger partial charge on any atom is -0.399 e. The molecule has 7 heteroatoms. The van der Waals surface area contributed by atoms with Gasteiger partial charge in [0.15, 0.2) is 0 Å². The highest BCUT2D eigenvalue weighted by Gasteiger charge is 2.16. The third-order valence-electron chi connectivity index (χ3n) is 2.79. The molecule has 0 bridgehead atoms. The van der Waals surface area contributed by atoms with E-state index in [-0.39, 0.29) is 15.6 Å². The number of nitrogens with one attached hydrogen (secondary N) is 1. The Hall–Kier alpha value is -1.13. The van der Waals surface area contributed by atoms with Gasteiger partial charge in [-0.2, -0.15) is 0 Å². The van der Waals surface area contributed by atoms with Gasteiger partial charge >= 0.3 is 0 Å². The number of carbonyl (C=O) groups is 1.